The SMILES string of the molecule is NCCCOc1cccc(C(=O)N2C[C@H](Cc3cn4ccnc4cn3)[C@H](O)C2)c1. The van der Waals surface area contributed by atoms with Crippen LogP contribution in [-0.2, 0) is 6.42 Å². The van der Waals surface area contributed by atoms with Gasteiger partial charge in [0.05, 0.1) is 24.6 Å². The maximum absolute atomic E-state index is 12.9. The van der Waals surface area contributed by atoms with Gasteiger partial charge in [0, 0.05) is 43.2 Å². The highest BCUT2D eigenvalue weighted by atomic mass is 16.5. The quantitative estimate of drug-likeness (QED) is 0.581. The molecule has 1 fully saturated rings. The highest BCUT2D eigenvalue weighted by molar-refractivity contribution is 5.94. The second-order valence-electron chi connectivity index (χ2n) is 7.33. The van der Waals surface area contributed by atoms with E-state index in [4.69, 9.17) is 10.5 Å². The lowest BCUT2D eigenvalue weighted by Crippen LogP contribution is -2.29. The highest BCUT2D eigenvalue weighted by Gasteiger charge is 2.34. The maximum atomic E-state index is 12.9. The predicted molar refractivity (Wildman–Crippen MR) is 108 cm³/mol. The first-order valence-corrected chi connectivity index (χ1v) is 9.82. The molecule has 2 aromatic heterocycles. The molecule has 3 heterocycles. The molecule has 0 aliphatic carbocycles. The molecule has 1 amide bonds. The molecule has 3 N–H and O–H groups in total. The zero-order valence-electron chi connectivity index (χ0n) is 16.1. The van der Waals surface area contributed by atoms with E-state index >= 15 is 0 Å². The number of nitrogens with two attached hydrogens (primary N) is 1. The Hall–Kier alpha value is -2.97. The van der Waals surface area contributed by atoms with Crippen LogP contribution in [-0.4, -0.2) is 62.6 Å². The summed E-state index contributed by atoms with van der Waals surface area (Å²) in [6.45, 7) is 1.89. The molecule has 8 nitrogen and oxygen atoms in total. The van der Waals surface area contributed by atoms with Gasteiger partial charge in [0.1, 0.15) is 5.75 Å². The molecule has 0 spiro atoms. The van der Waals surface area contributed by atoms with Crippen LogP contribution in [0.1, 0.15) is 22.5 Å². The van der Waals surface area contributed by atoms with E-state index in [9.17, 15) is 9.90 Å². The van der Waals surface area contributed by atoms with Crippen molar-refractivity contribution < 1.29 is 14.6 Å². The third kappa shape index (κ3) is 4.38. The Morgan fingerprint density at radius 2 is 2.21 bits per heavy atom. The highest BCUT2D eigenvalue weighted by Crippen LogP contribution is 2.24. The van der Waals surface area contributed by atoms with Crippen LogP contribution in [0.5, 0.6) is 5.75 Å². The van der Waals surface area contributed by atoms with Crippen molar-refractivity contribution in [2.75, 3.05) is 26.2 Å². The number of imidazole rings is 1. The lowest BCUT2D eigenvalue weighted by molar-refractivity contribution is 0.0764. The fourth-order valence-electron chi connectivity index (χ4n) is 3.64. The number of aliphatic hydroxyl groups is 1. The van der Waals surface area contributed by atoms with Crippen molar-refractivity contribution in [3.8, 4) is 5.75 Å². The molecule has 3 aromatic rings. The van der Waals surface area contributed by atoms with Gasteiger partial charge in [0.2, 0.25) is 0 Å². The number of amides is 1. The number of carbonyl (C=O) groups is 1. The summed E-state index contributed by atoms with van der Waals surface area (Å²) in [5.74, 6) is 0.490. The molecule has 1 aliphatic heterocycles. The van der Waals surface area contributed by atoms with Crippen LogP contribution in [0.15, 0.2) is 49.1 Å². The molecule has 152 valence electrons. The first-order valence-electron chi connectivity index (χ1n) is 9.82. The standard InChI is InChI=1S/C21H25N5O3/c22-5-2-8-29-18-4-1-3-15(10-18)21(28)26-12-16(19(27)14-26)9-17-13-25-7-6-23-20(25)11-24-17/h1,3-4,6-7,10-11,13,16,19,27H,2,5,8-9,12,14,22H2/t16-,19+/m0/s1. The molecule has 8 heteroatoms. The second-order valence-corrected chi connectivity index (χ2v) is 7.33. The fraction of sp³-hybridized carbons (Fsp3) is 0.381. The number of carbonyl (C=O) groups excluding carboxylic acids is 1. The Morgan fingerprint density at radius 3 is 3.07 bits per heavy atom. The zero-order chi connectivity index (χ0) is 20.2. The van der Waals surface area contributed by atoms with Crippen molar-refractivity contribution in [3.05, 3.63) is 60.3 Å². The third-order valence-electron chi connectivity index (χ3n) is 5.20. The molecule has 0 unspecified atom stereocenters. The minimum atomic E-state index is -0.580. The minimum absolute atomic E-state index is 0.0589. The fourth-order valence-corrected chi connectivity index (χ4v) is 3.64. The molecule has 0 radical (unpaired) electrons. The summed E-state index contributed by atoms with van der Waals surface area (Å²) < 4.78 is 7.54. The normalized spacial score (nSPS) is 19.0. The van der Waals surface area contributed by atoms with Crippen molar-refractivity contribution in [1.82, 2.24) is 19.3 Å². The van der Waals surface area contributed by atoms with E-state index in [1.807, 2.05) is 22.9 Å². The number of β-amino-alcohol motifs (C(OH)–C–C–N with tert-alkyl or cyclic N) is 1. The van der Waals surface area contributed by atoms with E-state index in [2.05, 4.69) is 9.97 Å². The van der Waals surface area contributed by atoms with E-state index in [0.29, 0.717) is 44.0 Å². The van der Waals surface area contributed by atoms with Gasteiger partial charge in [-0.1, -0.05) is 6.07 Å². The van der Waals surface area contributed by atoms with Crippen molar-refractivity contribution in [1.29, 1.82) is 0 Å². The summed E-state index contributed by atoms with van der Waals surface area (Å²) >= 11 is 0. The molecule has 1 aliphatic rings. The Morgan fingerprint density at radius 1 is 1.31 bits per heavy atom. The van der Waals surface area contributed by atoms with Crippen LogP contribution in [0, 0.1) is 5.92 Å². The third-order valence-corrected chi connectivity index (χ3v) is 5.20. The van der Waals surface area contributed by atoms with Crippen LogP contribution < -0.4 is 10.5 Å². The van der Waals surface area contributed by atoms with Gasteiger partial charge in [-0.3, -0.25) is 9.78 Å². The van der Waals surface area contributed by atoms with Crippen LogP contribution in [0.25, 0.3) is 5.65 Å². The van der Waals surface area contributed by atoms with Gasteiger partial charge in [0.25, 0.3) is 5.91 Å². The van der Waals surface area contributed by atoms with Crippen LogP contribution in [0.2, 0.25) is 0 Å². The topological polar surface area (TPSA) is 106 Å². The molecule has 0 bridgehead atoms. The molecule has 29 heavy (non-hydrogen) atoms. The second kappa shape index (κ2) is 8.59. The number of hydrogen-bond donors (Lipinski definition) is 2. The minimum Gasteiger partial charge on any atom is -0.494 e. The Labute approximate surface area is 168 Å². The van der Waals surface area contributed by atoms with Crippen LogP contribution in [0.3, 0.4) is 0 Å². The van der Waals surface area contributed by atoms with Crippen LogP contribution in [0.4, 0.5) is 0 Å². The summed E-state index contributed by atoms with van der Waals surface area (Å²) in [5.41, 5.74) is 7.69. The number of likely N-dealkylation sites (tertiary alicyclic amines) is 1. The summed E-state index contributed by atoms with van der Waals surface area (Å²) in [7, 11) is 0. The van der Waals surface area contributed by atoms with Gasteiger partial charge in [-0.2, -0.15) is 0 Å². The number of aliphatic hydroxyl groups excluding tert-OH is 1. The molecule has 1 aromatic carbocycles. The predicted octanol–water partition coefficient (Wildman–Crippen LogP) is 1.13. The number of nitrogens with zero attached hydrogens (tertiary/aromatic N) is 4. The average Bonchev–Trinajstić information content (AvgIpc) is 3.34. The summed E-state index contributed by atoms with van der Waals surface area (Å²) in [5, 5.41) is 10.5. The van der Waals surface area contributed by atoms with Gasteiger partial charge in [0.15, 0.2) is 5.65 Å². The van der Waals surface area contributed by atoms with E-state index in [1.165, 1.54) is 0 Å². The number of aromatic nitrogens is 3. The molecule has 1 saturated heterocycles. The van der Waals surface area contributed by atoms with E-state index in [-0.39, 0.29) is 11.8 Å². The van der Waals surface area contributed by atoms with Crippen molar-refractivity contribution >= 4 is 11.6 Å². The molecular formula is C21H25N5O3. The summed E-state index contributed by atoms with van der Waals surface area (Å²) in [6.07, 6.45) is 8.00. The summed E-state index contributed by atoms with van der Waals surface area (Å²) in [6, 6.07) is 7.14. The number of fused-ring (bicyclic) bond motifs is 1. The lowest BCUT2D eigenvalue weighted by atomic mass is 10.0. The lowest BCUT2D eigenvalue weighted by Gasteiger charge is -2.17. The smallest absolute Gasteiger partial charge is 0.254 e. The first kappa shape index (κ1) is 19.4. The monoisotopic (exact) mass is 395 g/mol. The molecule has 2 atom stereocenters. The molecule has 0 saturated carbocycles. The van der Waals surface area contributed by atoms with E-state index in [0.717, 1.165) is 17.8 Å². The molecule has 4 rings (SSSR count). The Balaban J connectivity index is 1.41. The summed E-state index contributed by atoms with van der Waals surface area (Å²) in [4.78, 5) is 23.2. The van der Waals surface area contributed by atoms with Crippen molar-refractivity contribution in [3.63, 3.8) is 0 Å². The van der Waals surface area contributed by atoms with E-state index in [1.54, 1.807) is 35.5 Å². The Kier molecular flexibility index (Phi) is 5.73. The number of benzene rings is 1. The van der Waals surface area contributed by atoms with Gasteiger partial charge in [-0.05, 0) is 37.6 Å². The first-order chi connectivity index (χ1) is 14.1. The van der Waals surface area contributed by atoms with Crippen molar-refractivity contribution in [2.24, 2.45) is 11.7 Å². The number of ether oxygens (including phenoxy) is 1. The van der Waals surface area contributed by atoms with Crippen LogP contribution >= 0.6 is 0 Å². The zero-order valence-corrected chi connectivity index (χ0v) is 16.1. The van der Waals surface area contributed by atoms with Gasteiger partial charge in [-0.25, -0.2) is 4.98 Å². The largest absolute Gasteiger partial charge is 0.494 e. The van der Waals surface area contributed by atoms with Gasteiger partial charge >= 0.3 is 0 Å². The van der Waals surface area contributed by atoms with Crippen molar-refractivity contribution in [2.45, 2.75) is 18.9 Å². The number of rotatable bonds is 7. The Bertz CT molecular complexity index is 989. The van der Waals surface area contributed by atoms with Gasteiger partial charge < -0.3 is 24.9 Å². The number of hydrogen-bond acceptors (Lipinski definition) is 6. The average molecular weight is 395 g/mol. The maximum Gasteiger partial charge on any atom is 0.254 e. The van der Waals surface area contributed by atoms with E-state index < -0.39 is 6.10 Å². The molecular weight excluding hydrogens is 370 g/mol. The van der Waals surface area contributed by atoms with Gasteiger partial charge in [-0.15, -0.1) is 0 Å².